The zero-order valence-electron chi connectivity index (χ0n) is 8.55. The van der Waals surface area contributed by atoms with Gasteiger partial charge in [-0.25, -0.2) is 0 Å². The van der Waals surface area contributed by atoms with Crippen LogP contribution in [-0.4, -0.2) is 16.6 Å². The van der Waals surface area contributed by atoms with Crippen LogP contribution in [0.15, 0.2) is 23.1 Å². The summed E-state index contributed by atoms with van der Waals surface area (Å²) in [7, 11) is 0. The Morgan fingerprint density at radius 3 is 2.53 bits per heavy atom. The first-order valence-corrected chi connectivity index (χ1v) is 6.51. The van der Waals surface area contributed by atoms with Crippen LogP contribution in [0.2, 0.25) is 0 Å². The monoisotopic (exact) mass is 327 g/mol. The van der Waals surface area contributed by atoms with E-state index >= 15 is 0 Å². The molecule has 7 heteroatoms. The van der Waals surface area contributed by atoms with Crippen molar-refractivity contribution >= 4 is 39.2 Å². The highest BCUT2D eigenvalue weighted by Crippen LogP contribution is 2.37. The second-order valence-electron chi connectivity index (χ2n) is 3.16. The number of thioether (sulfide) groups is 1. The van der Waals surface area contributed by atoms with E-state index in [1.165, 1.54) is 18.2 Å². The molecule has 0 saturated heterocycles. The summed E-state index contributed by atoms with van der Waals surface area (Å²) in [6, 6.07) is 3.74. The maximum absolute atomic E-state index is 12.1. The van der Waals surface area contributed by atoms with Gasteiger partial charge in [0.05, 0.1) is 0 Å². The molecule has 1 rings (SSSR count). The number of carbonyl (C=O) groups is 1. The smallest absolute Gasteiger partial charge is 0.398 e. The van der Waals surface area contributed by atoms with Crippen molar-refractivity contribution in [3.63, 3.8) is 0 Å². The molecule has 17 heavy (non-hydrogen) atoms. The van der Waals surface area contributed by atoms with Crippen molar-refractivity contribution in [2.45, 2.75) is 16.8 Å². The first-order chi connectivity index (χ1) is 7.83. The van der Waals surface area contributed by atoms with E-state index in [4.69, 9.17) is 5.73 Å². The molecule has 0 bridgehead atoms. The number of ketones is 1. The lowest BCUT2D eigenvalue weighted by atomic mass is 10.1. The Hall–Kier alpha value is -0.690. The topological polar surface area (TPSA) is 43.1 Å². The Morgan fingerprint density at radius 1 is 1.41 bits per heavy atom. The van der Waals surface area contributed by atoms with E-state index in [9.17, 15) is 18.0 Å². The predicted octanol–water partition coefficient (Wildman–Crippen LogP) is 3.85. The second kappa shape index (κ2) is 5.77. The molecule has 0 fully saturated rings. The lowest BCUT2D eigenvalue weighted by molar-refractivity contribution is -0.0328. The molecule has 94 valence electrons. The highest BCUT2D eigenvalue weighted by Gasteiger charge is 2.29. The lowest BCUT2D eigenvalue weighted by Gasteiger charge is -2.08. The van der Waals surface area contributed by atoms with Crippen LogP contribution >= 0.6 is 27.7 Å². The minimum atomic E-state index is -4.35. The predicted molar refractivity (Wildman–Crippen MR) is 65.5 cm³/mol. The third-order valence-electron chi connectivity index (χ3n) is 1.88. The summed E-state index contributed by atoms with van der Waals surface area (Å²) in [5.74, 6) is -0.192. The first kappa shape index (κ1) is 14.4. The van der Waals surface area contributed by atoms with Gasteiger partial charge in [0, 0.05) is 27.9 Å². The summed E-state index contributed by atoms with van der Waals surface area (Å²) in [6.07, 6.45) is 0.260. The molecule has 0 unspecified atom stereocenters. The number of anilines is 1. The number of halogens is 4. The van der Waals surface area contributed by atoms with E-state index in [-0.39, 0.29) is 40.1 Å². The van der Waals surface area contributed by atoms with Crippen molar-refractivity contribution in [2.75, 3.05) is 11.1 Å². The van der Waals surface area contributed by atoms with Gasteiger partial charge in [0.2, 0.25) is 0 Å². The number of hydrogen-bond donors (Lipinski definition) is 1. The quantitative estimate of drug-likeness (QED) is 0.395. The van der Waals surface area contributed by atoms with Crippen LogP contribution in [0.5, 0.6) is 0 Å². The number of rotatable bonds is 4. The molecule has 0 aliphatic carbocycles. The molecule has 0 amide bonds. The molecule has 1 aromatic carbocycles. The molecule has 1 aromatic rings. The van der Waals surface area contributed by atoms with Crippen molar-refractivity contribution in [3.8, 4) is 0 Å². The van der Waals surface area contributed by atoms with Crippen LogP contribution in [0, 0.1) is 0 Å². The Morgan fingerprint density at radius 2 is 2.06 bits per heavy atom. The average molecular weight is 328 g/mol. The van der Waals surface area contributed by atoms with E-state index in [0.29, 0.717) is 5.33 Å². The molecule has 2 nitrogen and oxygen atoms in total. The van der Waals surface area contributed by atoms with Gasteiger partial charge in [0.1, 0.15) is 0 Å². The molecule has 0 spiro atoms. The fourth-order valence-electron chi connectivity index (χ4n) is 1.21. The van der Waals surface area contributed by atoms with E-state index < -0.39 is 5.51 Å². The Labute approximate surface area is 109 Å². The van der Waals surface area contributed by atoms with Crippen LogP contribution in [0.25, 0.3) is 0 Å². The van der Waals surface area contributed by atoms with E-state index in [2.05, 4.69) is 15.9 Å². The molecule has 0 radical (unpaired) electrons. The summed E-state index contributed by atoms with van der Waals surface area (Å²) in [5, 5.41) is 0.490. The summed E-state index contributed by atoms with van der Waals surface area (Å²) in [6.45, 7) is 0. The van der Waals surface area contributed by atoms with Gasteiger partial charge < -0.3 is 5.73 Å². The van der Waals surface area contributed by atoms with Gasteiger partial charge in [-0.3, -0.25) is 4.79 Å². The molecular formula is C10H9BrF3NOS. The molecule has 2 N–H and O–H groups in total. The normalized spacial score (nSPS) is 11.5. The number of nitrogen functional groups attached to an aromatic ring is 1. The minimum absolute atomic E-state index is 0.0228. The summed E-state index contributed by atoms with van der Waals surface area (Å²) < 4.78 is 36.3. The number of hydrogen-bond acceptors (Lipinski definition) is 3. The average Bonchev–Trinajstić information content (AvgIpc) is 2.15. The number of Topliss-reactive ketones (excluding diaryl/α,β-unsaturated/α-hetero) is 1. The standard InChI is InChI=1S/C10H9BrF3NOS/c11-4-3-9(16)7-2-1-6(5-8(7)15)17-10(12,13)14/h1-2,5H,3-4,15H2. The van der Waals surface area contributed by atoms with E-state index in [1.54, 1.807) is 0 Å². The van der Waals surface area contributed by atoms with Crippen LogP contribution in [0.1, 0.15) is 16.8 Å². The van der Waals surface area contributed by atoms with Crippen LogP contribution in [0.4, 0.5) is 18.9 Å². The Bertz CT molecular complexity index is 423. The third kappa shape index (κ3) is 4.59. The van der Waals surface area contributed by atoms with Crippen molar-refractivity contribution < 1.29 is 18.0 Å². The Balaban J connectivity index is 2.90. The summed E-state index contributed by atoms with van der Waals surface area (Å²) >= 11 is 2.86. The van der Waals surface area contributed by atoms with Gasteiger partial charge >= 0.3 is 5.51 Å². The van der Waals surface area contributed by atoms with Gasteiger partial charge in [0.25, 0.3) is 0 Å². The highest BCUT2D eigenvalue weighted by molar-refractivity contribution is 9.09. The first-order valence-electron chi connectivity index (χ1n) is 4.58. The molecule has 0 aliphatic heterocycles. The second-order valence-corrected chi connectivity index (χ2v) is 5.09. The fourth-order valence-corrected chi connectivity index (χ4v) is 2.16. The minimum Gasteiger partial charge on any atom is -0.398 e. The zero-order valence-corrected chi connectivity index (χ0v) is 11.0. The largest absolute Gasteiger partial charge is 0.446 e. The van der Waals surface area contributed by atoms with Gasteiger partial charge in [0.15, 0.2) is 5.78 Å². The van der Waals surface area contributed by atoms with Gasteiger partial charge in [-0.2, -0.15) is 13.2 Å². The maximum atomic E-state index is 12.1. The molecule has 0 aliphatic rings. The SMILES string of the molecule is Nc1cc(SC(F)(F)F)ccc1C(=O)CCBr. The molecular weight excluding hydrogens is 319 g/mol. The maximum Gasteiger partial charge on any atom is 0.446 e. The highest BCUT2D eigenvalue weighted by atomic mass is 79.9. The molecule has 0 atom stereocenters. The fraction of sp³-hybridized carbons (Fsp3) is 0.300. The van der Waals surface area contributed by atoms with Gasteiger partial charge in [-0.15, -0.1) is 0 Å². The number of nitrogens with two attached hydrogens (primary N) is 1. The lowest BCUT2D eigenvalue weighted by Crippen LogP contribution is -2.05. The van der Waals surface area contributed by atoms with Crippen LogP contribution in [0.3, 0.4) is 0 Å². The van der Waals surface area contributed by atoms with Gasteiger partial charge in [-0.1, -0.05) is 15.9 Å². The summed E-state index contributed by atoms with van der Waals surface area (Å²) in [5.41, 5.74) is 1.54. The molecule has 0 aromatic heterocycles. The number of benzene rings is 1. The third-order valence-corrected chi connectivity index (χ3v) is 3.00. The van der Waals surface area contributed by atoms with E-state index in [0.717, 1.165) is 0 Å². The van der Waals surface area contributed by atoms with Crippen molar-refractivity contribution in [3.05, 3.63) is 23.8 Å². The van der Waals surface area contributed by atoms with Crippen LogP contribution < -0.4 is 5.73 Å². The van der Waals surface area contributed by atoms with Gasteiger partial charge in [-0.05, 0) is 30.0 Å². The number of carbonyl (C=O) groups excluding carboxylic acids is 1. The zero-order chi connectivity index (χ0) is 13.1. The van der Waals surface area contributed by atoms with E-state index in [1.807, 2.05) is 0 Å². The molecule has 0 heterocycles. The van der Waals surface area contributed by atoms with Crippen molar-refractivity contribution in [1.29, 1.82) is 0 Å². The molecule has 0 saturated carbocycles. The summed E-state index contributed by atoms with van der Waals surface area (Å²) in [4.78, 5) is 11.5. The van der Waals surface area contributed by atoms with Crippen LogP contribution in [-0.2, 0) is 0 Å². The van der Waals surface area contributed by atoms with Crippen molar-refractivity contribution in [2.24, 2.45) is 0 Å². The van der Waals surface area contributed by atoms with Crippen molar-refractivity contribution in [1.82, 2.24) is 0 Å². The Kier molecular flexibility index (Phi) is 4.88. The number of alkyl halides is 4.